The highest BCUT2D eigenvalue weighted by atomic mass is 16.5. The maximum absolute atomic E-state index is 11.4. The van der Waals surface area contributed by atoms with Crippen molar-refractivity contribution in [2.75, 3.05) is 43.5 Å². The zero-order valence-electron chi connectivity index (χ0n) is 16.8. The Bertz CT molecular complexity index is 492. The van der Waals surface area contributed by atoms with Crippen molar-refractivity contribution in [1.29, 1.82) is 0 Å². The van der Waals surface area contributed by atoms with Crippen molar-refractivity contribution in [3.05, 3.63) is 12.1 Å². The first-order valence-electron chi connectivity index (χ1n) is 9.63. The van der Waals surface area contributed by atoms with Crippen LogP contribution in [0.5, 0.6) is 5.88 Å². The number of aliphatic hydroxyl groups excluding tert-OH is 1. The van der Waals surface area contributed by atoms with Gasteiger partial charge >= 0.3 is 0 Å². The SMILES string of the molecule is CC.CCCN(CCC)c1cc(N)nc(OCCCC(=O)NCCO)c1. The van der Waals surface area contributed by atoms with Gasteiger partial charge in [0, 0.05) is 43.9 Å². The van der Waals surface area contributed by atoms with E-state index in [1.54, 1.807) is 0 Å². The molecule has 0 fully saturated rings. The molecule has 0 aromatic carbocycles. The first-order valence-corrected chi connectivity index (χ1v) is 9.63. The highest BCUT2D eigenvalue weighted by Crippen LogP contribution is 2.23. The van der Waals surface area contributed by atoms with Crippen LogP contribution >= 0.6 is 0 Å². The van der Waals surface area contributed by atoms with Crippen molar-refractivity contribution in [1.82, 2.24) is 10.3 Å². The Morgan fingerprint density at radius 2 is 1.92 bits per heavy atom. The van der Waals surface area contributed by atoms with E-state index in [2.05, 4.69) is 29.0 Å². The van der Waals surface area contributed by atoms with E-state index < -0.39 is 0 Å². The molecule has 26 heavy (non-hydrogen) atoms. The normalized spacial score (nSPS) is 9.88. The van der Waals surface area contributed by atoms with E-state index in [1.807, 2.05) is 26.0 Å². The minimum absolute atomic E-state index is 0.0513. The number of rotatable bonds is 12. The van der Waals surface area contributed by atoms with Gasteiger partial charge in [-0.1, -0.05) is 27.7 Å². The molecule has 150 valence electrons. The van der Waals surface area contributed by atoms with Crippen LogP contribution in [0, 0.1) is 0 Å². The fourth-order valence-corrected chi connectivity index (χ4v) is 2.37. The number of amides is 1. The van der Waals surface area contributed by atoms with Crippen LogP contribution in [0.4, 0.5) is 11.5 Å². The van der Waals surface area contributed by atoms with Crippen molar-refractivity contribution < 1.29 is 14.6 Å². The molecule has 0 aliphatic rings. The van der Waals surface area contributed by atoms with Gasteiger partial charge in [-0.2, -0.15) is 4.98 Å². The van der Waals surface area contributed by atoms with Gasteiger partial charge in [-0.3, -0.25) is 4.79 Å². The number of aromatic nitrogens is 1. The molecule has 0 saturated heterocycles. The number of carbonyl (C=O) groups excluding carboxylic acids is 1. The Balaban J connectivity index is 0.00000301. The number of pyridine rings is 1. The summed E-state index contributed by atoms with van der Waals surface area (Å²) >= 11 is 0. The molecule has 0 atom stereocenters. The summed E-state index contributed by atoms with van der Waals surface area (Å²) in [6, 6.07) is 3.76. The highest BCUT2D eigenvalue weighted by molar-refractivity contribution is 5.75. The van der Waals surface area contributed by atoms with Crippen LogP contribution in [-0.2, 0) is 4.79 Å². The lowest BCUT2D eigenvalue weighted by Crippen LogP contribution is -2.26. The third-order valence-corrected chi connectivity index (χ3v) is 3.39. The minimum Gasteiger partial charge on any atom is -0.478 e. The second-order valence-electron chi connectivity index (χ2n) is 5.60. The van der Waals surface area contributed by atoms with E-state index in [0.717, 1.165) is 31.6 Å². The zero-order chi connectivity index (χ0) is 19.8. The molecule has 1 amide bonds. The van der Waals surface area contributed by atoms with Crippen LogP contribution in [0.3, 0.4) is 0 Å². The summed E-state index contributed by atoms with van der Waals surface area (Å²) < 4.78 is 5.64. The van der Waals surface area contributed by atoms with Crippen molar-refractivity contribution >= 4 is 17.4 Å². The maximum Gasteiger partial charge on any atom is 0.220 e. The maximum atomic E-state index is 11.4. The molecular weight excluding hydrogens is 332 g/mol. The molecule has 7 heteroatoms. The molecule has 1 rings (SSSR count). The molecule has 1 aromatic heterocycles. The fraction of sp³-hybridized carbons (Fsp3) is 0.684. The van der Waals surface area contributed by atoms with Crippen LogP contribution in [0.2, 0.25) is 0 Å². The van der Waals surface area contributed by atoms with Crippen molar-refractivity contribution in [2.24, 2.45) is 0 Å². The van der Waals surface area contributed by atoms with Crippen molar-refractivity contribution in [3.8, 4) is 5.88 Å². The summed E-state index contributed by atoms with van der Waals surface area (Å²) in [7, 11) is 0. The summed E-state index contributed by atoms with van der Waals surface area (Å²) in [5.74, 6) is 0.823. The van der Waals surface area contributed by atoms with Gasteiger partial charge in [0.2, 0.25) is 11.8 Å². The van der Waals surface area contributed by atoms with E-state index in [1.165, 1.54) is 0 Å². The van der Waals surface area contributed by atoms with Crippen LogP contribution < -0.4 is 20.7 Å². The Hall–Kier alpha value is -2.02. The van der Waals surface area contributed by atoms with Crippen LogP contribution in [0.25, 0.3) is 0 Å². The van der Waals surface area contributed by atoms with Gasteiger partial charge < -0.3 is 25.8 Å². The number of aliphatic hydroxyl groups is 1. The van der Waals surface area contributed by atoms with Gasteiger partial charge in [0.25, 0.3) is 0 Å². The van der Waals surface area contributed by atoms with E-state index in [-0.39, 0.29) is 19.1 Å². The number of nitrogen functional groups attached to an aromatic ring is 1. The van der Waals surface area contributed by atoms with Gasteiger partial charge in [-0.25, -0.2) is 0 Å². The lowest BCUT2D eigenvalue weighted by molar-refractivity contribution is -0.121. The molecule has 0 saturated carbocycles. The molecule has 0 spiro atoms. The first kappa shape index (κ1) is 24.0. The van der Waals surface area contributed by atoms with Gasteiger partial charge in [-0.05, 0) is 19.3 Å². The number of ether oxygens (including phenoxy) is 1. The Labute approximate surface area is 157 Å². The summed E-state index contributed by atoms with van der Waals surface area (Å²) in [5.41, 5.74) is 6.91. The monoisotopic (exact) mass is 368 g/mol. The number of nitrogens with zero attached hydrogens (tertiary/aromatic N) is 2. The van der Waals surface area contributed by atoms with E-state index in [0.29, 0.717) is 31.1 Å². The average Bonchev–Trinajstić information content (AvgIpc) is 2.64. The number of hydrogen-bond donors (Lipinski definition) is 3. The van der Waals surface area contributed by atoms with Gasteiger partial charge in [0.05, 0.1) is 13.2 Å². The molecule has 1 heterocycles. The number of anilines is 2. The Kier molecular flexibility index (Phi) is 14.1. The fourth-order valence-electron chi connectivity index (χ4n) is 2.37. The standard InChI is InChI=1S/C17H30N4O3.C2H6/c1-3-8-21(9-4-2)14-12-15(18)20-17(13-14)24-11-5-6-16(23)19-7-10-22;1-2/h12-13,22H,3-11H2,1-2H3,(H2,18,20)(H,19,23);1-2H3. The molecule has 1 aromatic rings. The summed E-state index contributed by atoms with van der Waals surface area (Å²) in [4.78, 5) is 17.9. The molecule has 4 N–H and O–H groups in total. The summed E-state index contributed by atoms with van der Waals surface area (Å²) in [6.45, 7) is 10.8. The van der Waals surface area contributed by atoms with Crippen LogP contribution in [-0.4, -0.2) is 48.8 Å². The predicted molar refractivity (Wildman–Crippen MR) is 108 cm³/mol. The van der Waals surface area contributed by atoms with Crippen molar-refractivity contribution in [3.63, 3.8) is 0 Å². The largest absolute Gasteiger partial charge is 0.478 e. The molecular formula is C19H36N4O3. The average molecular weight is 369 g/mol. The first-order chi connectivity index (χ1) is 12.6. The quantitative estimate of drug-likeness (QED) is 0.490. The van der Waals surface area contributed by atoms with Crippen LogP contribution in [0.1, 0.15) is 53.4 Å². The number of nitrogens with two attached hydrogens (primary N) is 1. The molecule has 0 radical (unpaired) electrons. The lowest BCUT2D eigenvalue weighted by Gasteiger charge is -2.24. The second-order valence-corrected chi connectivity index (χ2v) is 5.60. The number of carbonyl (C=O) groups is 1. The topological polar surface area (TPSA) is 101 Å². The molecule has 0 aliphatic carbocycles. The molecule has 7 nitrogen and oxygen atoms in total. The number of nitrogens with one attached hydrogen (secondary N) is 1. The van der Waals surface area contributed by atoms with E-state index in [4.69, 9.17) is 15.6 Å². The van der Waals surface area contributed by atoms with E-state index in [9.17, 15) is 4.79 Å². The van der Waals surface area contributed by atoms with Gasteiger partial charge in [0.1, 0.15) is 5.82 Å². The molecule has 0 unspecified atom stereocenters. The smallest absolute Gasteiger partial charge is 0.220 e. The minimum atomic E-state index is -0.0917. The third-order valence-electron chi connectivity index (χ3n) is 3.39. The predicted octanol–water partition coefficient (Wildman–Crippen LogP) is 2.58. The Morgan fingerprint density at radius 3 is 2.50 bits per heavy atom. The molecule has 0 bridgehead atoms. The lowest BCUT2D eigenvalue weighted by atomic mass is 10.3. The second kappa shape index (κ2) is 15.3. The third kappa shape index (κ3) is 10.1. The Morgan fingerprint density at radius 1 is 1.27 bits per heavy atom. The summed E-state index contributed by atoms with van der Waals surface area (Å²) in [5, 5.41) is 11.3. The molecule has 0 aliphatic heterocycles. The van der Waals surface area contributed by atoms with Crippen LogP contribution in [0.15, 0.2) is 12.1 Å². The van der Waals surface area contributed by atoms with E-state index >= 15 is 0 Å². The zero-order valence-corrected chi connectivity index (χ0v) is 16.8. The van der Waals surface area contributed by atoms with Crippen molar-refractivity contribution in [2.45, 2.75) is 53.4 Å². The highest BCUT2D eigenvalue weighted by Gasteiger charge is 2.09. The van der Waals surface area contributed by atoms with Gasteiger partial charge in [0.15, 0.2) is 0 Å². The van der Waals surface area contributed by atoms with Gasteiger partial charge in [-0.15, -0.1) is 0 Å². The number of hydrogen-bond acceptors (Lipinski definition) is 6. The summed E-state index contributed by atoms with van der Waals surface area (Å²) in [6.07, 6.45) is 3.05.